The normalized spacial score (nSPS) is 14.8. The summed E-state index contributed by atoms with van der Waals surface area (Å²) < 4.78 is 44.2. The lowest BCUT2D eigenvalue weighted by atomic mass is 9.76. The number of hydrogen-bond donors (Lipinski definition) is 2. The highest BCUT2D eigenvalue weighted by Gasteiger charge is 2.39. The van der Waals surface area contributed by atoms with E-state index in [4.69, 9.17) is 4.74 Å². The molecule has 0 atom stereocenters. The number of halogens is 3. The average molecular weight is 503 g/mol. The molecular weight excluding hydrogens is 469 g/mol. The summed E-state index contributed by atoms with van der Waals surface area (Å²) in [6, 6.07) is 12.3. The second-order valence-corrected chi connectivity index (χ2v) is 9.63. The molecule has 3 aromatic rings. The van der Waals surface area contributed by atoms with Crippen LogP contribution in [-0.4, -0.2) is 34.0 Å². The predicted molar refractivity (Wildman–Crippen MR) is 136 cm³/mol. The minimum atomic E-state index is -4.40. The molecule has 2 N–H and O–H groups in total. The Morgan fingerprint density at radius 1 is 0.972 bits per heavy atom. The summed E-state index contributed by atoms with van der Waals surface area (Å²) in [5.74, 6) is 0.545. The summed E-state index contributed by atoms with van der Waals surface area (Å²) in [7, 11) is 0. The van der Waals surface area contributed by atoms with E-state index in [0.717, 1.165) is 42.2 Å². The number of anilines is 1. The first-order chi connectivity index (χ1) is 17.0. The number of alkyl carbamates (subject to hydrolysis) is 1. The Balaban J connectivity index is 0.00000176. The van der Waals surface area contributed by atoms with Crippen molar-refractivity contribution in [3.05, 3.63) is 54.1 Å². The lowest BCUT2D eigenvalue weighted by molar-refractivity contribution is -0.137. The number of hydrogen-bond acceptors (Lipinski definition) is 5. The molecule has 0 bridgehead atoms. The Bertz CT molecular complexity index is 1180. The summed E-state index contributed by atoms with van der Waals surface area (Å²) in [4.78, 5) is 12.3. The van der Waals surface area contributed by atoms with Crippen molar-refractivity contribution in [2.24, 2.45) is 0 Å². The number of fused-ring (bicyclic) bond motifs is 1. The number of benzene rings is 2. The van der Waals surface area contributed by atoms with Gasteiger partial charge in [0.15, 0.2) is 5.82 Å². The number of ether oxygens (including phenoxy) is 1. The molecular formula is C27H33F3N4O2. The molecule has 1 aliphatic carbocycles. The number of nitrogens with one attached hydrogen (secondary N) is 2. The number of alkyl halides is 3. The highest BCUT2D eigenvalue weighted by molar-refractivity contribution is 6.00. The maximum absolute atomic E-state index is 12.9. The van der Waals surface area contributed by atoms with Crippen molar-refractivity contribution < 1.29 is 22.7 Å². The van der Waals surface area contributed by atoms with Crippen LogP contribution in [-0.2, 0) is 10.9 Å². The highest BCUT2D eigenvalue weighted by atomic mass is 19.4. The highest BCUT2D eigenvalue weighted by Crippen LogP contribution is 2.35. The number of carbonyl (C=O) groups excluding carboxylic acids is 1. The molecule has 0 saturated heterocycles. The molecule has 6 nitrogen and oxygen atoms in total. The van der Waals surface area contributed by atoms with Gasteiger partial charge in [-0.05, 0) is 52.2 Å². The second kappa shape index (κ2) is 10.7. The van der Waals surface area contributed by atoms with Gasteiger partial charge in [0.2, 0.25) is 0 Å². The third-order valence-corrected chi connectivity index (χ3v) is 5.84. The van der Waals surface area contributed by atoms with E-state index in [1.807, 2.05) is 58.9 Å². The summed E-state index contributed by atoms with van der Waals surface area (Å²) >= 11 is 0. The molecule has 1 fully saturated rings. The monoisotopic (exact) mass is 502 g/mol. The molecule has 4 rings (SSSR count). The van der Waals surface area contributed by atoms with Gasteiger partial charge in [0.1, 0.15) is 11.3 Å². The van der Waals surface area contributed by atoms with E-state index in [9.17, 15) is 18.0 Å². The summed E-state index contributed by atoms with van der Waals surface area (Å²) in [5.41, 5.74) is -0.685. The second-order valence-electron chi connectivity index (χ2n) is 9.63. The van der Waals surface area contributed by atoms with E-state index >= 15 is 0 Å². The Hall–Kier alpha value is -3.36. The van der Waals surface area contributed by atoms with Crippen LogP contribution in [0.1, 0.15) is 59.4 Å². The molecule has 1 amide bonds. The van der Waals surface area contributed by atoms with Crippen LogP contribution in [0.25, 0.3) is 22.0 Å². The first kappa shape index (κ1) is 27.2. The Kier molecular flexibility index (Phi) is 8.11. The van der Waals surface area contributed by atoms with Crippen molar-refractivity contribution in [3.8, 4) is 11.3 Å². The maximum Gasteiger partial charge on any atom is 0.416 e. The summed E-state index contributed by atoms with van der Waals surface area (Å²) in [5, 5.41) is 16.5. The number of rotatable bonds is 5. The molecule has 0 radical (unpaired) electrons. The molecule has 36 heavy (non-hydrogen) atoms. The minimum absolute atomic E-state index is 0.433. The molecule has 194 valence electrons. The summed E-state index contributed by atoms with van der Waals surface area (Å²) in [6.45, 7) is 9.90. The molecule has 9 heteroatoms. The molecule has 1 aliphatic rings. The van der Waals surface area contributed by atoms with Crippen LogP contribution in [0.4, 0.5) is 23.8 Å². The van der Waals surface area contributed by atoms with Gasteiger partial charge in [0.05, 0.1) is 11.1 Å². The Morgan fingerprint density at radius 3 is 2.11 bits per heavy atom. The van der Waals surface area contributed by atoms with Crippen LogP contribution in [0.2, 0.25) is 0 Å². The lowest BCUT2D eigenvalue weighted by Crippen LogP contribution is -2.58. The molecule has 1 aromatic heterocycles. The first-order valence-electron chi connectivity index (χ1n) is 12.1. The van der Waals surface area contributed by atoms with E-state index in [-0.39, 0.29) is 0 Å². The number of nitrogens with zero attached hydrogens (tertiary/aromatic N) is 2. The summed E-state index contributed by atoms with van der Waals surface area (Å²) in [6.07, 6.45) is -2.23. The SMILES string of the molecule is CC.CC(C)(C)OC(=O)NC1(CNc2nnc(-c3ccc(C(F)(F)F)cc3)c3ccccc23)CCC1. The molecule has 0 spiro atoms. The largest absolute Gasteiger partial charge is 0.444 e. The van der Waals surface area contributed by atoms with Crippen LogP contribution in [0.3, 0.4) is 0 Å². The van der Waals surface area contributed by atoms with E-state index in [2.05, 4.69) is 20.8 Å². The van der Waals surface area contributed by atoms with Crippen molar-refractivity contribution in [2.45, 2.75) is 71.2 Å². The maximum atomic E-state index is 12.9. The fraction of sp³-hybridized carbons (Fsp3) is 0.444. The quantitative estimate of drug-likeness (QED) is 0.386. The van der Waals surface area contributed by atoms with Crippen molar-refractivity contribution >= 4 is 22.7 Å². The lowest BCUT2D eigenvalue weighted by Gasteiger charge is -2.42. The van der Waals surface area contributed by atoms with E-state index < -0.39 is 29.0 Å². The van der Waals surface area contributed by atoms with Crippen LogP contribution in [0.15, 0.2) is 48.5 Å². The van der Waals surface area contributed by atoms with Gasteiger partial charge in [-0.25, -0.2) is 4.79 Å². The van der Waals surface area contributed by atoms with Crippen LogP contribution >= 0.6 is 0 Å². The van der Waals surface area contributed by atoms with Gasteiger partial charge in [-0.15, -0.1) is 10.2 Å². The van der Waals surface area contributed by atoms with Gasteiger partial charge in [-0.2, -0.15) is 13.2 Å². The fourth-order valence-electron chi connectivity index (χ4n) is 3.99. The van der Waals surface area contributed by atoms with Gasteiger partial charge >= 0.3 is 12.3 Å². The van der Waals surface area contributed by atoms with Gasteiger partial charge < -0.3 is 15.4 Å². The standard InChI is InChI=1S/C25H27F3N4O2.C2H6/c1-23(2,3)34-22(33)30-24(13-6-14-24)15-29-21-19-8-5-4-7-18(19)20(31-32-21)16-9-11-17(12-10-16)25(26,27)28;1-2/h4-5,7-12H,6,13-15H2,1-3H3,(H,29,32)(H,30,33);1-2H3. The first-order valence-corrected chi connectivity index (χ1v) is 12.1. The van der Waals surface area contributed by atoms with Crippen molar-refractivity contribution in [3.63, 3.8) is 0 Å². The zero-order valence-corrected chi connectivity index (χ0v) is 21.3. The van der Waals surface area contributed by atoms with Crippen LogP contribution in [0, 0.1) is 0 Å². The zero-order valence-electron chi connectivity index (χ0n) is 21.3. The molecule has 2 aromatic carbocycles. The smallest absolute Gasteiger partial charge is 0.416 e. The van der Waals surface area contributed by atoms with Crippen LogP contribution < -0.4 is 10.6 Å². The van der Waals surface area contributed by atoms with E-state index in [1.165, 1.54) is 12.1 Å². The number of carbonyl (C=O) groups is 1. The number of amides is 1. The topological polar surface area (TPSA) is 76.1 Å². The van der Waals surface area contributed by atoms with Gasteiger partial charge in [0, 0.05) is 22.9 Å². The van der Waals surface area contributed by atoms with E-state index in [0.29, 0.717) is 23.6 Å². The predicted octanol–water partition coefficient (Wildman–Crippen LogP) is 7.20. The van der Waals surface area contributed by atoms with Crippen molar-refractivity contribution in [1.82, 2.24) is 15.5 Å². The van der Waals surface area contributed by atoms with Gasteiger partial charge in [-0.3, -0.25) is 0 Å². The minimum Gasteiger partial charge on any atom is -0.444 e. The van der Waals surface area contributed by atoms with Gasteiger partial charge in [-0.1, -0.05) is 50.2 Å². The zero-order chi connectivity index (χ0) is 26.6. The van der Waals surface area contributed by atoms with Crippen molar-refractivity contribution in [1.29, 1.82) is 0 Å². The van der Waals surface area contributed by atoms with Crippen molar-refractivity contribution in [2.75, 3.05) is 11.9 Å². The third kappa shape index (κ3) is 6.44. The Morgan fingerprint density at radius 2 is 1.58 bits per heavy atom. The average Bonchev–Trinajstić information content (AvgIpc) is 2.80. The molecule has 1 saturated carbocycles. The molecule has 1 heterocycles. The molecule has 0 aliphatic heterocycles. The van der Waals surface area contributed by atoms with Crippen LogP contribution in [0.5, 0.6) is 0 Å². The molecule has 0 unspecified atom stereocenters. The third-order valence-electron chi connectivity index (χ3n) is 5.84. The Labute approximate surface area is 209 Å². The van der Waals surface area contributed by atoms with Gasteiger partial charge in [0.25, 0.3) is 0 Å². The fourth-order valence-corrected chi connectivity index (χ4v) is 3.99. The number of aromatic nitrogens is 2. The van der Waals surface area contributed by atoms with E-state index in [1.54, 1.807) is 0 Å².